The number of carbonyl (C=O) groups is 1. The molecule has 2 aromatic carbocycles. The van der Waals surface area contributed by atoms with E-state index in [1.807, 2.05) is 18.2 Å². The average molecular weight is 469 g/mol. The summed E-state index contributed by atoms with van der Waals surface area (Å²) in [5.74, 6) is 0.382. The first-order valence-corrected chi connectivity index (χ1v) is 12.3. The van der Waals surface area contributed by atoms with Gasteiger partial charge in [0.1, 0.15) is 6.04 Å². The van der Waals surface area contributed by atoms with Crippen molar-refractivity contribution in [2.24, 2.45) is 5.92 Å². The number of piperidine rings is 1. The minimum Gasteiger partial charge on any atom is -0.341 e. The predicted molar refractivity (Wildman–Crippen MR) is 120 cm³/mol. The van der Waals surface area contributed by atoms with E-state index in [2.05, 4.69) is 11.6 Å². The van der Waals surface area contributed by atoms with Crippen LogP contribution in [-0.2, 0) is 21.2 Å². The summed E-state index contributed by atoms with van der Waals surface area (Å²) in [5, 5.41) is 1.05. The normalized spacial score (nSPS) is 16.4. The van der Waals surface area contributed by atoms with Crippen LogP contribution in [-0.4, -0.2) is 38.4 Å². The van der Waals surface area contributed by atoms with Crippen molar-refractivity contribution in [3.05, 3.63) is 64.1 Å². The van der Waals surface area contributed by atoms with Crippen molar-refractivity contribution in [1.29, 1.82) is 0 Å². The molecule has 1 fully saturated rings. The number of carbonyl (C=O) groups excluding carboxylic acids is 1. The van der Waals surface area contributed by atoms with E-state index in [0.717, 1.165) is 18.4 Å². The van der Waals surface area contributed by atoms with Crippen LogP contribution in [0.25, 0.3) is 0 Å². The summed E-state index contributed by atoms with van der Waals surface area (Å²) < 4.78 is 28.5. The highest BCUT2D eigenvalue weighted by Crippen LogP contribution is 2.22. The zero-order valence-electron chi connectivity index (χ0n) is 16.9. The quantitative estimate of drug-likeness (QED) is 0.648. The Morgan fingerprint density at radius 2 is 1.73 bits per heavy atom. The largest absolute Gasteiger partial charge is 0.341 e. The molecular formula is C22H26Cl2N2O3S. The monoisotopic (exact) mass is 468 g/mol. The van der Waals surface area contributed by atoms with Crippen LogP contribution in [0.4, 0.5) is 0 Å². The van der Waals surface area contributed by atoms with Crippen LogP contribution in [0.1, 0.15) is 31.7 Å². The molecule has 1 heterocycles. The fourth-order valence-corrected chi connectivity index (χ4v) is 5.13. The summed E-state index contributed by atoms with van der Waals surface area (Å²) in [6.45, 7) is 3.45. The molecule has 1 aliphatic heterocycles. The van der Waals surface area contributed by atoms with E-state index in [1.165, 1.54) is 24.3 Å². The van der Waals surface area contributed by atoms with Crippen molar-refractivity contribution in [2.45, 2.75) is 43.5 Å². The number of hydrogen-bond acceptors (Lipinski definition) is 3. The molecule has 2 aromatic rings. The molecule has 162 valence electrons. The first-order chi connectivity index (χ1) is 14.3. The molecule has 1 saturated heterocycles. The minimum absolute atomic E-state index is 0.0784. The third-order valence-corrected chi connectivity index (χ3v) is 7.58. The van der Waals surface area contributed by atoms with Crippen molar-refractivity contribution < 1.29 is 13.2 Å². The summed E-state index contributed by atoms with van der Waals surface area (Å²) in [6, 6.07) is 12.4. The molecule has 1 N–H and O–H groups in total. The van der Waals surface area contributed by atoms with Gasteiger partial charge in [0.2, 0.25) is 15.9 Å². The number of likely N-dealkylation sites (tertiary alicyclic amines) is 1. The fraction of sp³-hybridized carbons (Fsp3) is 0.409. The van der Waals surface area contributed by atoms with E-state index in [4.69, 9.17) is 23.2 Å². The summed E-state index contributed by atoms with van der Waals surface area (Å²) in [5.41, 5.74) is 0.884. The number of nitrogens with zero attached hydrogens (tertiary/aromatic N) is 1. The smallest absolute Gasteiger partial charge is 0.241 e. The summed E-state index contributed by atoms with van der Waals surface area (Å²) in [6.07, 6.45) is 2.66. The second-order valence-electron chi connectivity index (χ2n) is 7.77. The molecule has 1 aliphatic rings. The van der Waals surface area contributed by atoms with Crippen molar-refractivity contribution in [3.8, 4) is 0 Å². The standard InChI is InChI=1S/C22H26Cl2N2O3S/c1-16-12-14-26(15-13-16)22(27)21(11-6-17-4-2-3-5-20(17)24)25-30(28,29)19-9-7-18(23)8-10-19/h2-5,7-10,16,21,25H,6,11-15H2,1H3. The highest BCUT2D eigenvalue weighted by molar-refractivity contribution is 7.89. The van der Waals surface area contributed by atoms with Gasteiger partial charge in [0, 0.05) is 23.1 Å². The molecule has 0 aromatic heterocycles. The molecule has 3 rings (SSSR count). The van der Waals surface area contributed by atoms with Gasteiger partial charge in [-0.15, -0.1) is 0 Å². The van der Waals surface area contributed by atoms with Gasteiger partial charge in [0.25, 0.3) is 0 Å². The van der Waals surface area contributed by atoms with Gasteiger partial charge in [0.05, 0.1) is 4.90 Å². The Hall–Kier alpha value is -1.60. The van der Waals surface area contributed by atoms with Crippen molar-refractivity contribution in [1.82, 2.24) is 9.62 Å². The minimum atomic E-state index is -3.87. The number of halogens is 2. The van der Waals surface area contributed by atoms with Gasteiger partial charge in [-0.2, -0.15) is 4.72 Å². The molecule has 30 heavy (non-hydrogen) atoms. The number of aryl methyl sites for hydroxylation is 1. The maximum Gasteiger partial charge on any atom is 0.241 e. The lowest BCUT2D eigenvalue weighted by molar-refractivity contribution is -0.134. The van der Waals surface area contributed by atoms with Crippen molar-refractivity contribution >= 4 is 39.1 Å². The highest BCUT2D eigenvalue weighted by Gasteiger charge is 2.31. The molecule has 0 radical (unpaired) electrons. The number of rotatable bonds is 7. The lowest BCUT2D eigenvalue weighted by atomic mass is 9.98. The van der Waals surface area contributed by atoms with Gasteiger partial charge in [-0.1, -0.05) is 48.3 Å². The number of benzene rings is 2. The number of sulfonamides is 1. The Morgan fingerprint density at radius 1 is 1.10 bits per heavy atom. The van der Waals surface area contributed by atoms with Gasteiger partial charge >= 0.3 is 0 Å². The van der Waals surface area contributed by atoms with E-state index in [1.54, 1.807) is 11.0 Å². The summed E-state index contributed by atoms with van der Waals surface area (Å²) in [7, 11) is -3.87. The van der Waals surface area contributed by atoms with Gasteiger partial charge in [0.15, 0.2) is 0 Å². The first-order valence-electron chi connectivity index (χ1n) is 10.1. The van der Waals surface area contributed by atoms with E-state index >= 15 is 0 Å². The average Bonchev–Trinajstić information content (AvgIpc) is 2.72. The van der Waals surface area contributed by atoms with Crippen LogP contribution >= 0.6 is 23.2 Å². The molecule has 8 heteroatoms. The second kappa shape index (κ2) is 10.1. The predicted octanol–water partition coefficient (Wildman–Crippen LogP) is 4.53. The SMILES string of the molecule is CC1CCN(C(=O)C(CCc2ccccc2Cl)NS(=O)(=O)c2ccc(Cl)cc2)CC1. The van der Waals surface area contributed by atoms with Crippen LogP contribution in [0.5, 0.6) is 0 Å². The summed E-state index contributed by atoms with van der Waals surface area (Å²) >= 11 is 12.1. The molecule has 0 spiro atoms. The molecule has 0 bridgehead atoms. The molecule has 0 aliphatic carbocycles. The van der Waals surface area contributed by atoms with E-state index in [-0.39, 0.29) is 10.8 Å². The maximum atomic E-state index is 13.2. The Bertz CT molecular complexity index is 972. The third-order valence-electron chi connectivity index (χ3n) is 5.47. The zero-order chi connectivity index (χ0) is 21.7. The molecule has 5 nitrogen and oxygen atoms in total. The summed E-state index contributed by atoms with van der Waals surface area (Å²) in [4.78, 5) is 15.1. The Kier molecular flexibility index (Phi) is 7.80. The second-order valence-corrected chi connectivity index (χ2v) is 10.3. The Morgan fingerprint density at radius 3 is 2.37 bits per heavy atom. The number of hydrogen-bond donors (Lipinski definition) is 1. The number of nitrogens with one attached hydrogen (secondary N) is 1. The Balaban J connectivity index is 1.80. The maximum absolute atomic E-state index is 13.2. The van der Waals surface area contributed by atoms with Gasteiger partial charge in [-0.05, 0) is 67.5 Å². The van der Waals surface area contributed by atoms with E-state index in [9.17, 15) is 13.2 Å². The van der Waals surface area contributed by atoms with Gasteiger partial charge in [-0.25, -0.2) is 8.42 Å². The fourth-order valence-electron chi connectivity index (χ4n) is 3.55. The lowest BCUT2D eigenvalue weighted by Crippen LogP contribution is -2.50. The molecule has 1 amide bonds. The van der Waals surface area contributed by atoms with Crippen molar-refractivity contribution in [3.63, 3.8) is 0 Å². The molecule has 1 unspecified atom stereocenters. The van der Waals surface area contributed by atoms with E-state index < -0.39 is 16.1 Å². The lowest BCUT2D eigenvalue weighted by Gasteiger charge is -2.33. The van der Waals surface area contributed by atoms with Crippen LogP contribution in [0, 0.1) is 5.92 Å². The topological polar surface area (TPSA) is 66.5 Å². The molecule has 0 saturated carbocycles. The molecular weight excluding hydrogens is 443 g/mol. The van der Waals surface area contributed by atoms with Gasteiger partial charge < -0.3 is 4.90 Å². The Labute approximate surface area is 188 Å². The van der Waals surface area contributed by atoms with Crippen molar-refractivity contribution in [2.75, 3.05) is 13.1 Å². The van der Waals surface area contributed by atoms with Crippen LogP contribution in [0.2, 0.25) is 10.0 Å². The third kappa shape index (κ3) is 5.97. The van der Waals surface area contributed by atoms with Crippen LogP contribution in [0.15, 0.2) is 53.4 Å². The first kappa shape index (κ1) is 23.1. The molecule has 1 atom stereocenters. The van der Waals surface area contributed by atoms with Crippen LogP contribution < -0.4 is 4.72 Å². The van der Waals surface area contributed by atoms with Gasteiger partial charge in [-0.3, -0.25) is 4.79 Å². The number of amides is 1. The van der Waals surface area contributed by atoms with Crippen LogP contribution in [0.3, 0.4) is 0 Å². The zero-order valence-corrected chi connectivity index (χ0v) is 19.2. The van der Waals surface area contributed by atoms with E-state index in [0.29, 0.717) is 41.9 Å². The highest BCUT2D eigenvalue weighted by atomic mass is 35.5.